The van der Waals surface area contributed by atoms with Crippen LogP contribution in [-0.4, -0.2) is 16.2 Å². The van der Waals surface area contributed by atoms with Crippen molar-refractivity contribution in [3.8, 4) is 0 Å². The van der Waals surface area contributed by atoms with Crippen molar-refractivity contribution in [2.75, 3.05) is 5.73 Å². The van der Waals surface area contributed by atoms with Crippen LogP contribution in [0.25, 0.3) is 0 Å². The van der Waals surface area contributed by atoms with Crippen LogP contribution in [0.1, 0.15) is 32.3 Å². The second-order valence-electron chi connectivity index (χ2n) is 4.11. The molecule has 0 aliphatic carbocycles. The zero-order valence-electron chi connectivity index (χ0n) is 9.48. The molecular formula is C12H20N2O. The molecule has 3 heteroatoms. The van der Waals surface area contributed by atoms with Gasteiger partial charge >= 0.3 is 0 Å². The fourth-order valence-electron chi connectivity index (χ4n) is 1.68. The summed E-state index contributed by atoms with van der Waals surface area (Å²) in [5, 5.41) is 9.94. The number of nitrogen functional groups attached to an aromatic ring is 1. The molecule has 0 amide bonds. The van der Waals surface area contributed by atoms with Crippen LogP contribution < -0.4 is 5.73 Å². The monoisotopic (exact) mass is 208 g/mol. The lowest BCUT2D eigenvalue weighted by atomic mass is 9.94. The summed E-state index contributed by atoms with van der Waals surface area (Å²) in [6.45, 7) is 4.20. The molecule has 84 valence electrons. The number of pyridine rings is 1. The van der Waals surface area contributed by atoms with Crippen LogP contribution in [-0.2, 0) is 6.42 Å². The third-order valence-electron chi connectivity index (χ3n) is 2.77. The van der Waals surface area contributed by atoms with E-state index in [1.807, 2.05) is 0 Å². The maximum absolute atomic E-state index is 9.94. The summed E-state index contributed by atoms with van der Waals surface area (Å²) in [5.41, 5.74) is 7.45. The molecule has 0 radical (unpaired) electrons. The SMILES string of the molecule is CCCC(C)C(O)Cc1cnccc1N. The maximum atomic E-state index is 9.94. The number of nitrogens with two attached hydrogens (primary N) is 1. The molecule has 3 nitrogen and oxygen atoms in total. The van der Waals surface area contributed by atoms with Gasteiger partial charge in [0.05, 0.1) is 6.10 Å². The van der Waals surface area contributed by atoms with Gasteiger partial charge in [0, 0.05) is 24.5 Å². The topological polar surface area (TPSA) is 59.1 Å². The summed E-state index contributed by atoms with van der Waals surface area (Å²) < 4.78 is 0. The van der Waals surface area contributed by atoms with Crippen LogP contribution in [0, 0.1) is 5.92 Å². The number of anilines is 1. The molecule has 1 aromatic heterocycles. The van der Waals surface area contributed by atoms with Crippen molar-refractivity contribution in [1.82, 2.24) is 4.98 Å². The molecule has 0 aliphatic rings. The molecule has 0 fully saturated rings. The van der Waals surface area contributed by atoms with Crippen LogP contribution in [0.2, 0.25) is 0 Å². The molecule has 0 bridgehead atoms. The van der Waals surface area contributed by atoms with E-state index in [1.54, 1.807) is 18.5 Å². The third-order valence-corrected chi connectivity index (χ3v) is 2.77. The molecule has 0 aliphatic heterocycles. The van der Waals surface area contributed by atoms with E-state index in [-0.39, 0.29) is 6.10 Å². The van der Waals surface area contributed by atoms with Gasteiger partial charge in [-0.15, -0.1) is 0 Å². The summed E-state index contributed by atoms with van der Waals surface area (Å²) in [7, 11) is 0. The van der Waals surface area contributed by atoms with Crippen molar-refractivity contribution in [2.24, 2.45) is 5.92 Å². The fraction of sp³-hybridized carbons (Fsp3) is 0.583. The molecule has 3 N–H and O–H groups in total. The molecule has 0 spiro atoms. The zero-order valence-corrected chi connectivity index (χ0v) is 9.48. The van der Waals surface area contributed by atoms with Crippen molar-refractivity contribution in [3.05, 3.63) is 24.0 Å². The average molecular weight is 208 g/mol. The van der Waals surface area contributed by atoms with Gasteiger partial charge in [-0.3, -0.25) is 4.98 Å². The van der Waals surface area contributed by atoms with Crippen molar-refractivity contribution in [3.63, 3.8) is 0 Å². The summed E-state index contributed by atoms with van der Waals surface area (Å²) in [6.07, 6.45) is 5.82. The van der Waals surface area contributed by atoms with E-state index in [2.05, 4.69) is 18.8 Å². The number of hydrogen-bond donors (Lipinski definition) is 2. The lowest BCUT2D eigenvalue weighted by molar-refractivity contribution is 0.112. The lowest BCUT2D eigenvalue weighted by Gasteiger charge is -2.18. The van der Waals surface area contributed by atoms with Gasteiger partial charge in [0.25, 0.3) is 0 Å². The van der Waals surface area contributed by atoms with Crippen molar-refractivity contribution >= 4 is 5.69 Å². The predicted octanol–water partition coefficient (Wildman–Crippen LogP) is 2.00. The molecule has 0 saturated carbocycles. The molecule has 0 saturated heterocycles. The molecule has 1 heterocycles. The highest BCUT2D eigenvalue weighted by atomic mass is 16.3. The van der Waals surface area contributed by atoms with E-state index in [9.17, 15) is 5.11 Å². The first-order chi connectivity index (χ1) is 7.15. The molecule has 2 unspecified atom stereocenters. The maximum Gasteiger partial charge on any atom is 0.0607 e. The molecule has 1 aromatic rings. The van der Waals surface area contributed by atoms with E-state index < -0.39 is 0 Å². The Morgan fingerprint density at radius 1 is 1.53 bits per heavy atom. The first-order valence-electron chi connectivity index (χ1n) is 5.51. The Hall–Kier alpha value is -1.09. The Balaban J connectivity index is 2.58. The van der Waals surface area contributed by atoms with Gasteiger partial charge in [-0.25, -0.2) is 0 Å². The van der Waals surface area contributed by atoms with Gasteiger partial charge in [-0.05, 0) is 24.0 Å². The standard InChI is InChI=1S/C12H20N2O/c1-3-4-9(2)12(15)7-10-8-14-6-5-11(10)13/h5-6,8-9,12,15H,3-4,7H2,1-2H3,(H2,13,14). The average Bonchev–Trinajstić information content (AvgIpc) is 2.21. The highest BCUT2D eigenvalue weighted by Gasteiger charge is 2.14. The molecule has 1 rings (SSSR count). The third kappa shape index (κ3) is 3.51. The summed E-state index contributed by atoms with van der Waals surface area (Å²) in [6, 6.07) is 1.77. The van der Waals surface area contributed by atoms with E-state index in [0.29, 0.717) is 18.0 Å². The number of nitrogens with zero attached hydrogens (tertiary/aromatic N) is 1. The van der Waals surface area contributed by atoms with Crippen LogP contribution in [0.15, 0.2) is 18.5 Å². The lowest BCUT2D eigenvalue weighted by Crippen LogP contribution is -2.20. The van der Waals surface area contributed by atoms with Crippen molar-refractivity contribution in [2.45, 2.75) is 39.2 Å². The van der Waals surface area contributed by atoms with Crippen LogP contribution >= 0.6 is 0 Å². The van der Waals surface area contributed by atoms with Gasteiger partial charge in [0.2, 0.25) is 0 Å². The van der Waals surface area contributed by atoms with Gasteiger partial charge in [-0.2, -0.15) is 0 Å². The van der Waals surface area contributed by atoms with Crippen LogP contribution in [0.3, 0.4) is 0 Å². The minimum Gasteiger partial charge on any atom is -0.398 e. The Kier molecular flexibility index (Phi) is 4.56. The fourth-order valence-corrected chi connectivity index (χ4v) is 1.68. The summed E-state index contributed by atoms with van der Waals surface area (Å²) >= 11 is 0. The van der Waals surface area contributed by atoms with Crippen molar-refractivity contribution < 1.29 is 5.11 Å². The van der Waals surface area contributed by atoms with Crippen LogP contribution in [0.4, 0.5) is 5.69 Å². The van der Waals surface area contributed by atoms with Gasteiger partial charge in [0.15, 0.2) is 0 Å². The molecule has 0 aromatic carbocycles. The Morgan fingerprint density at radius 3 is 2.87 bits per heavy atom. The summed E-state index contributed by atoms with van der Waals surface area (Å²) in [4.78, 5) is 4.01. The van der Waals surface area contributed by atoms with Crippen molar-refractivity contribution in [1.29, 1.82) is 0 Å². The van der Waals surface area contributed by atoms with E-state index in [0.717, 1.165) is 18.4 Å². The molecular weight excluding hydrogens is 188 g/mol. The number of hydrogen-bond acceptors (Lipinski definition) is 3. The Labute approximate surface area is 91.3 Å². The number of rotatable bonds is 5. The number of aliphatic hydroxyl groups excluding tert-OH is 1. The minimum atomic E-state index is -0.323. The zero-order chi connectivity index (χ0) is 11.3. The second-order valence-corrected chi connectivity index (χ2v) is 4.11. The second kappa shape index (κ2) is 5.71. The normalized spacial score (nSPS) is 14.9. The van der Waals surface area contributed by atoms with Gasteiger partial charge < -0.3 is 10.8 Å². The highest BCUT2D eigenvalue weighted by molar-refractivity contribution is 5.44. The van der Waals surface area contributed by atoms with E-state index in [4.69, 9.17) is 5.73 Å². The molecule has 15 heavy (non-hydrogen) atoms. The van der Waals surface area contributed by atoms with E-state index >= 15 is 0 Å². The first kappa shape index (κ1) is 12.0. The van der Waals surface area contributed by atoms with Gasteiger partial charge in [0.1, 0.15) is 0 Å². The first-order valence-corrected chi connectivity index (χ1v) is 5.51. The number of aliphatic hydroxyl groups is 1. The Morgan fingerprint density at radius 2 is 2.27 bits per heavy atom. The van der Waals surface area contributed by atoms with Crippen LogP contribution in [0.5, 0.6) is 0 Å². The summed E-state index contributed by atoms with van der Waals surface area (Å²) in [5.74, 6) is 0.314. The largest absolute Gasteiger partial charge is 0.398 e. The highest BCUT2D eigenvalue weighted by Crippen LogP contribution is 2.18. The smallest absolute Gasteiger partial charge is 0.0607 e. The molecule has 2 atom stereocenters. The Bertz CT molecular complexity index is 301. The van der Waals surface area contributed by atoms with Gasteiger partial charge in [-0.1, -0.05) is 20.3 Å². The van der Waals surface area contributed by atoms with E-state index in [1.165, 1.54) is 0 Å². The number of aromatic nitrogens is 1. The predicted molar refractivity (Wildman–Crippen MR) is 62.4 cm³/mol. The minimum absolute atomic E-state index is 0.314. The quantitative estimate of drug-likeness (QED) is 0.778.